The lowest BCUT2D eigenvalue weighted by atomic mass is 10.1. The maximum atomic E-state index is 12.5. The number of rotatable bonds is 5. The second-order valence-corrected chi connectivity index (χ2v) is 9.61. The van der Waals surface area contributed by atoms with Gasteiger partial charge < -0.3 is 19.0 Å². The monoisotopic (exact) mass is 429 g/mol. The molecule has 0 saturated heterocycles. The molecule has 0 saturated carbocycles. The minimum Gasteiger partial charge on any atom is -0.477 e. The molecule has 0 bridgehead atoms. The molecule has 1 atom stereocenters. The van der Waals surface area contributed by atoms with Crippen LogP contribution in [0.3, 0.4) is 0 Å². The largest absolute Gasteiger partial charge is 0.477 e. The van der Waals surface area contributed by atoms with Crippen LogP contribution in [0.4, 0.5) is 5.69 Å². The van der Waals surface area contributed by atoms with Crippen molar-refractivity contribution in [1.29, 1.82) is 0 Å². The molecule has 0 unspecified atom stereocenters. The first kappa shape index (κ1) is 20.2. The van der Waals surface area contributed by atoms with Gasteiger partial charge in [-0.25, -0.2) is 13.4 Å². The van der Waals surface area contributed by atoms with Crippen LogP contribution in [0.1, 0.15) is 12.8 Å². The average Bonchev–Trinajstić information content (AvgIpc) is 3.14. The summed E-state index contributed by atoms with van der Waals surface area (Å²) in [5.74, 6) is 0.955. The van der Waals surface area contributed by atoms with E-state index in [-0.39, 0.29) is 16.6 Å². The number of fused-ring (bicyclic) bond motifs is 2. The molecule has 0 aliphatic carbocycles. The van der Waals surface area contributed by atoms with E-state index in [0.29, 0.717) is 35.8 Å². The van der Waals surface area contributed by atoms with Gasteiger partial charge in [0.25, 0.3) is 5.91 Å². The summed E-state index contributed by atoms with van der Waals surface area (Å²) in [5.41, 5.74) is 1.85. The maximum absolute atomic E-state index is 12.5. The van der Waals surface area contributed by atoms with E-state index >= 15 is 0 Å². The van der Waals surface area contributed by atoms with Gasteiger partial charge in [0.05, 0.1) is 29.4 Å². The van der Waals surface area contributed by atoms with Crippen LogP contribution < -0.4 is 9.64 Å². The predicted molar refractivity (Wildman–Crippen MR) is 112 cm³/mol. The molecule has 0 radical (unpaired) electrons. The minimum atomic E-state index is -3.32. The average molecular weight is 429 g/mol. The summed E-state index contributed by atoms with van der Waals surface area (Å²) in [6.07, 6.45) is -0.638. The number of amides is 1. The Hall–Kier alpha value is -3.07. The standard InChI is InChI=1S/C21H23N3O5S/c1-4-30(26,27)14-9-10-17-15(11-14)22-20(29-17)13-24-12-19(21(25)23(2)3)28-18-8-6-5-7-16(18)24/h5-11,19H,4,12-13H2,1-3H3/t19-/m1/s1. The van der Waals surface area contributed by atoms with Gasteiger partial charge in [-0.15, -0.1) is 0 Å². The van der Waals surface area contributed by atoms with E-state index in [2.05, 4.69) is 4.98 Å². The van der Waals surface area contributed by atoms with Crippen LogP contribution in [0.2, 0.25) is 0 Å². The molecule has 4 rings (SSSR count). The number of para-hydroxylation sites is 2. The first-order chi connectivity index (χ1) is 14.3. The maximum Gasteiger partial charge on any atom is 0.265 e. The summed E-state index contributed by atoms with van der Waals surface area (Å²) < 4.78 is 36.0. The molecule has 2 heterocycles. The number of aromatic nitrogens is 1. The number of nitrogens with zero attached hydrogens (tertiary/aromatic N) is 3. The van der Waals surface area contributed by atoms with Crippen molar-refractivity contribution >= 4 is 32.5 Å². The molecular formula is C21H23N3O5S. The van der Waals surface area contributed by atoms with Crippen LogP contribution in [0, 0.1) is 0 Å². The van der Waals surface area contributed by atoms with Gasteiger partial charge in [-0.3, -0.25) is 4.79 Å². The molecule has 8 nitrogen and oxygen atoms in total. The van der Waals surface area contributed by atoms with Crippen molar-refractivity contribution in [2.75, 3.05) is 31.3 Å². The van der Waals surface area contributed by atoms with Gasteiger partial charge in [0.15, 0.2) is 21.5 Å². The fourth-order valence-corrected chi connectivity index (χ4v) is 4.32. The van der Waals surface area contributed by atoms with Crippen LogP contribution in [0.25, 0.3) is 11.1 Å². The molecular weight excluding hydrogens is 406 g/mol. The van der Waals surface area contributed by atoms with E-state index in [0.717, 1.165) is 5.69 Å². The lowest BCUT2D eigenvalue weighted by Gasteiger charge is -2.35. The molecule has 2 aromatic carbocycles. The molecule has 1 amide bonds. The molecule has 0 N–H and O–H groups in total. The van der Waals surface area contributed by atoms with Gasteiger partial charge in [-0.05, 0) is 30.3 Å². The van der Waals surface area contributed by atoms with Crippen molar-refractivity contribution in [3.05, 3.63) is 48.4 Å². The number of ether oxygens (including phenoxy) is 1. The predicted octanol–water partition coefficient (Wildman–Crippen LogP) is 2.48. The van der Waals surface area contributed by atoms with Gasteiger partial charge in [0, 0.05) is 14.1 Å². The van der Waals surface area contributed by atoms with Gasteiger partial charge in [0.2, 0.25) is 5.89 Å². The molecule has 9 heteroatoms. The first-order valence-corrected chi connectivity index (χ1v) is 11.3. The smallest absolute Gasteiger partial charge is 0.265 e. The number of hydrogen-bond donors (Lipinski definition) is 0. The van der Waals surface area contributed by atoms with Gasteiger partial charge in [-0.1, -0.05) is 19.1 Å². The number of oxazole rings is 1. The molecule has 0 fully saturated rings. The Morgan fingerprint density at radius 3 is 2.73 bits per heavy atom. The Morgan fingerprint density at radius 1 is 1.23 bits per heavy atom. The summed E-state index contributed by atoms with van der Waals surface area (Å²) in [5, 5.41) is 0. The van der Waals surface area contributed by atoms with Crippen molar-refractivity contribution in [3.8, 4) is 5.75 Å². The third-order valence-electron chi connectivity index (χ3n) is 5.05. The van der Waals surface area contributed by atoms with Gasteiger partial charge in [0.1, 0.15) is 11.3 Å². The van der Waals surface area contributed by atoms with Crippen molar-refractivity contribution in [2.24, 2.45) is 0 Å². The minimum absolute atomic E-state index is 0.0229. The molecule has 158 valence electrons. The number of carbonyl (C=O) groups excluding carboxylic acids is 1. The number of carbonyl (C=O) groups is 1. The molecule has 1 aliphatic rings. The topological polar surface area (TPSA) is 93.0 Å². The summed E-state index contributed by atoms with van der Waals surface area (Å²) in [7, 11) is 0.0642. The number of benzene rings is 2. The highest BCUT2D eigenvalue weighted by Gasteiger charge is 2.32. The summed E-state index contributed by atoms with van der Waals surface area (Å²) in [6.45, 7) is 2.28. The second kappa shape index (κ2) is 7.64. The molecule has 1 aromatic heterocycles. The van der Waals surface area contributed by atoms with Crippen LogP contribution in [0.5, 0.6) is 5.75 Å². The zero-order valence-corrected chi connectivity index (χ0v) is 17.8. The molecule has 0 spiro atoms. The zero-order chi connectivity index (χ0) is 21.5. The lowest BCUT2D eigenvalue weighted by Crippen LogP contribution is -2.48. The van der Waals surface area contributed by atoms with Crippen molar-refractivity contribution in [3.63, 3.8) is 0 Å². The van der Waals surface area contributed by atoms with Gasteiger partial charge in [-0.2, -0.15) is 0 Å². The third kappa shape index (κ3) is 3.72. The Bertz CT molecular complexity index is 1200. The lowest BCUT2D eigenvalue weighted by molar-refractivity contribution is -0.136. The first-order valence-electron chi connectivity index (χ1n) is 9.62. The molecule has 3 aromatic rings. The van der Waals surface area contributed by atoms with Crippen LogP contribution in [0.15, 0.2) is 51.8 Å². The number of likely N-dealkylation sites (N-methyl/N-ethyl adjacent to an activating group) is 1. The van der Waals surface area contributed by atoms with Crippen molar-refractivity contribution in [2.45, 2.75) is 24.5 Å². The Balaban J connectivity index is 1.65. The van der Waals surface area contributed by atoms with E-state index < -0.39 is 15.9 Å². The number of sulfone groups is 1. The van der Waals surface area contributed by atoms with E-state index in [1.807, 2.05) is 29.2 Å². The highest BCUT2D eigenvalue weighted by Crippen LogP contribution is 2.34. The van der Waals surface area contributed by atoms with Crippen molar-refractivity contribution in [1.82, 2.24) is 9.88 Å². The van der Waals surface area contributed by atoms with Gasteiger partial charge >= 0.3 is 0 Å². The normalized spacial score (nSPS) is 16.2. The van der Waals surface area contributed by atoms with Crippen LogP contribution >= 0.6 is 0 Å². The highest BCUT2D eigenvalue weighted by atomic mass is 32.2. The molecule has 1 aliphatic heterocycles. The summed E-state index contributed by atoms with van der Waals surface area (Å²) in [6, 6.07) is 12.2. The zero-order valence-electron chi connectivity index (χ0n) is 17.0. The fraction of sp³-hybridized carbons (Fsp3) is 0.333. The Morgan fingerprint density at radius 2 is 2.00 bits per heavy atom. The fourth-order valence-electron chi connectivity index (χ4n) is 3.42. The SMILES string of the molecule is CCS(=O)(=O)c1ccc2oc(CN3C[C@H](C(=O)N(C)C)Oc4ccccc43)nc2c1. The third-order valence-corrected chi connectivity index (χ3v) is 6.78. The van der Waals surface area contributed by atoms with E-state index in [9.17, 15) is 13.2 Å². The Kier molecular flexibility index (Phi) is 5.15. The van der Waals surface area contributed by atoms with Crippen molar-refractivity contribution < 1.29 is 22.4 Å². The quantitative estimate of drug-likeness (QED) is 0.615. The highest BCUT2D eigenvalue weighted by molar-refractivity contribution is 7.91. The summed E-state index contributed by atoms with van der Waals surface area (Å²) >= 11 is 0. The van der Waals surface area contributed by atoms with E-state index in [1.54, 1.807) is 27.1 Å². The Labute approximate surface area is 175 Å². The number of hydrogen-bond acceptors (Lipinski definition) is 7. The van der Waals surface area contributed by atoms with Crippen LogP contribution in [-0.4, -0.2) is 56.7 Å². The number of anilines is 1. The van der Waals surface area contributed by atoms with Crippen LogP contribution in [-0.2, 0) is 21.2 Å². The van der Waals surface area contributed by atoms with E-state index in [1.165, 1.54) is 17.0 Å². The van der Waals surface area contributed by atoms with E-state index in [4.69, 9.17) is 9.15 Å². The second-order valence-electron chi connectivity index (χ2n) is 7.33. The summed E-state index contributed by atoms with van der Waals surface area (Å²) in [4.78, 5) is 20.7. The molecule has 30 heavy (non-hydrogen) atoms.